The lowest BCUT2D eigenvalue weighted by Crippen LogP contribution is -2.28. The molecule has 0 rings (SSSR count). The van der Waals surface area contributed by atoms with Gasteiger partial charge in [0.1, 0.15) is 0 Å². The SMILES string of the molecule is CN(CCO)S(C)(=O)=O. The molecule has 9 heavy (non-hydrogen) atoms. The van der Waals surface area contributed by atoms with E-state index in [1.165, 1.54) is 7.05 Å². The Morgan fingerprint density at radius 3 is 2.11 bits per heavy atom. The molecule has 5 heteroatoms. The molecule has 0 aromatic carbocycles. The van der Waals surface area contributed by atoms with Crippen LogP contribution in [0.2, 0.25) is 0 Å². The quantitative estimate of drug-likeness (QED) is 0.558. The van der Waals surface area contributed by atoms with E-state index in [1.807, 2.05) is 0 Å². The largest absolute Gasteiger partial charge is 0.395 e. The van der Waals surface area contributed by atoms with Crippen LogP contribution in [0.15, 0.2) is 0 Å². The van der Waals surface area contributed by atoms with Gasteiger partial charge >= 0.3 is 0 Å². The Morgan fingerprint density at radius 1 is 1.56 bits per heavy atom. The average Bonchev–Trinajstić information content (AvgIpc) is 1.64. The summed E-state index contributed by atoms with van der Waals surface area (Å²) < 4.78 is 22.2. The van der Waals surface area contributed by atoms with E-state index in [4.69, 9.17) is 5.11 Å². The standard InChI is InChI=1S/C4H11NO3S/c1-5(3-4-6)9(2,7)8/h6H,3-4H2,1-2H3. The summed E-state index contributed by atoms with van der Waals surface area (Å²) >= 11 is 0. The summed E-state index contributed by atoms with van der Waals surface area (Å²) in [6, 6.07) is 0. The molecule has 0 bridgehead atoms. The highest BCUT2D eigenvalue weighted by atomic mass is 32.2. The van der Waals surface area contributed by atoms with Crippen molar-refractivity contribution in [3.63, 3.8) is 0 Å². The first-order valence-electron chi connectivity index (χ1n) is 2.50. The van der Waals surface area contributed by atoms with Gasteiger partial charge in [-0.3, -0.25) is 0 Å². The van der Waals surface area contributed by atoms with Crippen LogP contribution in [-0.4, -0.2) is 44.3 Å². The molecule has 0 saturated heterocycles. The van der Waals surface area contributed by atoms with Crippen LogP contribution in [-0.2, 0) is 10.0 Å². The molecule has 0 aliphatic carbocycles. The van der Waals surface area contributed by atoms with Gasteiger partial charge in [0.15, 0.2) is 0 Å². The molecule has 0 aromatic heterocycles. The van der Waals surface area contributed by atoms with Crippen LogP contribution in [0.5, 0.6) is 0 Å². The molecule has 0 aromatic rings. The van der Waals surface area contributed by atoms with Crippen LogP contribution in [0.25, 0.3) is 0 Å². The fourth-order valence-electron chi connectivity index (χ4n) is 0.307. The molecule has 1 N–H and O–H groups in total. The third-order valence-corrected chi connectivity index (χ3v) is 2.30. The Kier molecular flexibility index (Phi) is 3.10. The van der Waals surface area contributed by atoms with E-state index in [0.29, 0.717) is 0 Å². The third kappa shape index (κ3) is 3.45. The smallest absolute Gasteiger partial charge is 0.211 e. The highest BCUT2D eigenvalue weighted by Gasteiger charge is 2.07. The van der Waals surface area contributed by atoms with E-state index in [1.54, 1.807) is 0 Å². The van der Waals surface area contributed by atoms with Gasteiger partial charge in [0, 0.05) is 13.6 Å². The molecule has 0 aliphatic heterocycles. The normalized spacial score (nSPS) is 12.4. The van der Waals surface area contributed by atoms with E-state index in [-0.39, 0.29) is 13.2 Å². The Hall–Kier alpha value is -0.130. The number of aliphatic hydroxyl groups is 1. The van der Waals surface area contributed by atoms with Gasteiger partial charge in [0.25, 0.3) is 0 Å². The van der Waals surface area contributed by atoms with E-state index < -0.39 is 10.0 Å². The minimum absolute atomic E-state index is 0.135. The Bertz CT molecular complexity index is 163. The summed E-state index contributed by atoms with van der Waals surface area (Å²) in [5.41, 5.74) is 0. The van der Waals surface area contributed by atoms with Gasteiger partial charge in [0.2, 0.25) is 10.0 Å². The summed E-state index contributed by atoms with van der Waals surface area (Å²) in [4.78, 5) is 0. The lowest BCUT2D eigenvalue weighted by Gasteiger charge is -2.10. The maximum Gasteiger partial charge on any atom is 0.211 e. The van der Waals surface area contributed by atoms with Gasteiger partial charge in [0.05, 0.1) is 12.9 Å². The van der Waals surface area contributed by atoms with Crippen LogP contribution in [0, 0.1) is 0 Å². The Labute approximate surface area is 55.1 Å². The van der Waals surface area contributed by atoms with Gasteiger partial charge in [-0.15, -0.1) is 0 Å². The molecular formula is C4H11NO3S. The van der Waals surface area contributed by atoms with Crippen molar-refractivity contribution in [3.8, 4) is 0 Å². The third-order valence-electron chi connectivity index (χ3n) is 0.981. The van der Waals surface area contributed by atoms with Gasteiger partial charge in [-0.05, 0) is 0 Å². The molecule has 4 nitrogen and oxygen atoms in total. The zero-order valence-corrected chi connectivity index (χ0v) is 6.35. The number of sulfonamides is 1. The van der Waals surface area contributed by atoms with Crippen molar-refractivity contribution >= 4 is 10.0 Å². The molecule has 0 aliphatic rings. The molecule has 0 saturated carbocycles. The molecule has 0 unspecified atom stereocenters. The summed E-state index contributed by atoms with van der Waals surface area (Å²) in [7, 11) is -1.67. The number of nitrogens with zero attached hydrogens (tertiary/aromatic N) is 1. The van der Waals surface area contributed by atoms with Crippen molar-refractivity contribution in [2.75, 3.05) is 26.5 Å². The lowest BCUT2D eigenvalue weighted by atomic mass is 10.7. The monoisotopic (exact) mass is 153 g/mol. The van der Waals surface area contributed by atoms with Crippen molar-refractivity contribution in [3.05, 3.63) is 0 Å². The lowest BCUT2D eigenvalue weighted by molar-refractivity contribution is 0.267. The summed E-state index contributed by atoms with van der Waals surface area (Å²) in [6.07, 6.45) is 1.10. The van der Waals surface area contributed by atoms with Crippen LogP contribution in [0.3, 0.4) is 0 Å². The molecule has 56 valence electrons. The molecule has 0 radical (unpaired) electrons. The van der Waals surface area contributed by atoms with Crippen molar-refractivity contribution in [1.82, 2.24) is 4.31 Å². The summed E-state index contributed by atoms with van der Waals surface area (Å²) in [5.74, 6) is 0. The number of aliphatic hydroxyl groups excluding tert-OH is 1. The number of hydrogen-bond donors (Lipinski definition) is 1. The van der Waals surface area contributed by atoms with Gasteiger partial charge in [-0.25, -0.2) is 12.7 Å². The molecule has 0 amide bonds. The van der Waals surface area contributed by atoms with E-state index in [0.717, 1.165) is 10.6 Å². The van der Waals surface area contributed by atoms with E-state index in [9.17, 15) is 8.42 Å². The molecule has 0 atom stereocenters. The highest BCUT2D eigenvalue weighted by molar-refractivity contribution is 7.88. The molecule has 0 heterocycles. The van der Waals surface area contributed by atoms with E-state index in [2.05, 4.69) is 0 Å². The molecule has 0 spiro atoms. The van der Waals surface area contributed by atoms with Gasteiger partial charge in [-0.1, -0.05) is 0 Å². The van der Waals surface area contributed by atoms with Crippen LogP contribution >= 0.6 is 0 Å². The second-order valence-corrected chi connectivity index (χ2v) is 3.90. The number of rotatable bonds is 3. The average molecular weight is 153 g/mol. The van der Waals surface area contributed by atoms with Crippen molar-refractivity contribution < 1.29 is 13.5 Å². The predicted octanol–water partition coefficient (Wildman–Crippen LogP) is -1.13. The van der Waals surface area contributed by atoms with Crippen molar-refractivity contribution in [2.24, 2.45) is 0 Å². The first-order chi connectivity index (χ1) is 3.98. The highest BCUT2D eigenvalue weighted by Crippen LogP contribution is 1.89. The maximum atomic E-state index is 10.5. The van der Waals surface area contributed by atoms with Crippen LogP contribution < -0.4 is 0 Å². The second-order valence-electron chi connectivity index (χ2n) is 1.81. The fraction of sp³-hybridized carbons (Fsp3) is 1.00. The Morgan fingerprint density at radius 2 is 2.00 bits per heavy atom. The maximum absolute atomic E-state index is 10.5. The first kappa shape index (κ1) is 8.87. The van der Waals surface area contributed by atoms with Crippen molar-refractivity contribution in [1.29, 1.82) is 0 Å². The van der Waals surface area contributed by atoms with Gasteiger partial charge < -0.3 is 5.11 Å². The topological polar surface area (TPSA) is 57.6 Å². The first-order valence-corrected chi connectivity index (χ1v) is 4.35. The zero-order valence-electron chi connectivity index (χ0n) is 5.53. The minimum Gasteiger partial charge on any atom is -0.395 e. The molecule has 0 fully saturated rings. The zero-order chi connectivity index (χ0) is 7.49. The summed E-state index contributed by atoms with van der Waals surface area (Å²) in [6.45, 7) is 0.0302. The number of hydrogen-bond acceptors (Lipinski definition) is 3. The number of likely N-dealkylation sites (N-methyl/N-ethyl adjacent to an activating group) is 1. The predicted molar refractivity (Wildman–Crippen MR) is 34.6 cm³/mol. The minimum atomic E-state index is -3.09. The van der Waals surface area contributed by atoms with Gasteiger partial charge in [-0.2, -0.15) is 0 Å². The van der Waals surface area contributed by atoms with Crippen LogP contribution in [0.1, 0.15) is 0 Å². The van der Waals surface area contributed by atoms with E-state index >= 15 is 0 Å². The van der Waals surface area contributed by atoms with Crippen molar-refractivity contribution in [2.45, 2.75) is 0 Å². The fourth-order valence-corrected chi connectivity index (χ4v) is 0.720. The Balaban J connectivity index is 3.90. The molecular weight excluding hydrogens is 142 g/mol. The summed E-state index contributed by atoms with van der Waals surface area (Å²) in [5, 5.41) is 8.29. The van der Waals surface area contributed by atoms with Crippen LogP contribution in [0.4, 0.5) is 0 Å². The second kappa shape index (κ2) is 3.14.